The first-order chi connectivity index (χ1) is 27.5. The fourth-order valence-corrected chi connectivity index (χ4v) is 8.73. The van der Waals surface area contributed by atoms with Gasteiger partial charge in [0.05, 0.1) is 19.5 Å². The van der Waals surface area contributed by atoms with Crippen LogP contribution in [0.25, 0.3) is 17.2 Å². The van der Waals surface area contributed by atoms with Crippen LogP contribution in [-0.2, 0) is 50.7 Å². The number of amides is 2. The zero-order chi connectivity index (χ0) is 43.8. The quantitative estimate of drug-likeness (QED) is 0.0410. The van der Waals surface area contributed by atoms with E-state index in [1.165, 1.54) is 19.9 Å². The van der Waals surface area contributed by atoms with Crippen LogP contribution in [-0.4, -0.2) is 123 Å². The molecule has 1 aliphatic heterocycles. The van der Waals surface area contributed by atoms with E-state index in [0.29, 0.717) is 0 Å². The minimum atomic E-state index is -5.58. The Morgan fingerprint density at radius 2 is 1.73 bits per heavy atom. The zero-order valence-corrected chi connectivity index (χ0v) is 36.0. The fourth-order valence-electron chi connectivity index (χ4n) is 5.07. The van der Waals surface area contributed by atoms with Crippen molar-refractivity contribution in [2.75, 3.05) is 37.8 Å². The topological polar surface area (TPSA) is 364 Å². The van der Waals surface area contributed by atoms with Crippen LogP contribution in [0.2, 0.25) is 0 Å². The summed E-state index contributed by atoms with van der Waals surface area (Å²) in [5, 5.41) is 26.2. The number of phosphoric acid groups is 3. The molecular weight excluding hydrogens is 935 g/mol. The maximum absolute atomic E-state index is 12.7. The van der Waals surface area contributed by atoms with Crippen LogP contribution in [0, 0.1) is 5.41 Å². The largest absolute Gasteiger partial charge is 0.481 e. The number of nitrogens with one attached hydrogen (secondary N) is 2. The number of carbonyl (C=O) groups is 3. The highest BCUT2D eigenvalue weighted by atomic mass is 79.9. The van der Waals surface area contributed by atoms with Gasteiger partial charge in [0, 0.05) is 35.2 Å². The first-order valence-electron chi connectivity index (χ1n) is 17.0. The maximum Gasteiger partial charge on any atom is 0.481 e. The molecule has 0 spiro atoms. The lowest BCUT2D eigenvalue weighted by Gasteiger charge is -2.30. The van der Waals surface area contributed by atoms with E-state index in [1.807, 2.05) is 24.3 Å². The SMILES string of the molecule is CC(C)(COP(=O)(O)OP(=O)(O)OC[C@H]1O[C@@H](n2cnc3c(N)ncnc32)[C@H](O)[C@@H]1OP(=O)(O)O)[C@@H](O)C(=O)NCCC(=O)NCCSC(=O)/C=C/c1ccc(Br)cc1. The number of thioether (sulfide) groups is 1. The number of imidazole rings is 1. The van der Waals surface area contributed by atoms with Crippen LogP contribution in [0.5, 0.6) is 0 Å². The van der Waals surface area contributed by atoms with Crippen LogP contribution in [0.4, 0.5) is 5.82 Å². The molecule has 24 nitrogen and oxygen atoms in total. The van der Waals surface area contributed by atoms with Crippen molar-refractivity contribution < 1.29 is 80.5 Å². The molecular formula is C30H41BrN7O17P3S. The molecule has 3 heterocycles. The van der Waals surface area contributed by atoms with Crippen LogP contribution < -0.4 is 16.4 Å². The lowest BCUT2D eigenvalue weighted by atomic mass is 9.87. The Morgan fingerprint density at radius 1 is 1.05 bits per heavy atom. The summed E-state index contributed by atoms with van der Waals surface area (Å²) in [7, 11) is -16.4. The highest BCUT2D eigenvalue weighted by Gasteiger charge is 2.50. The molecule has 2 aromatic heterocycles. The number of hydrogen-bond donors (Lipinski definition) is 9. The number of nitrogen functional groups attached to an aromatic ring is 1. The van der Waals surface area contributed by atoms with E-state index in [-0.39, 0.29) is 47.4 Å². The average molecular weight is 977 g/mol. The first kappa shape index (κ1) is 48.7. The summed E-state index contributed by atoms with van der Waals surface area (Å²) in [6.45, 7) is 0.416. The molecule has 3 aromatic rings. The molecule has 0 aliphatic carbocycles. The fraction of sp³-hybridized carbons (Fsp3) is 0.467. The van der Waals surface area contributed by atoms with Crippen molar-refractivity contribution >= 4 is 91.1 Å². The van der Waals surface area contributed by atoms with Crippen LogP contribution in [0.1, 0.15) is 32.1 Å². The summed E-state index contributed by atoms with van der Waals surface area (Å²) in [5.74, 6) is -1.20. The average Bonchev–Trinajstić information content (AvgIpc) is 3.71. The van der Waals surface area contributed by atoms with Gasteiger partial charge < -0.3 is 50.9 Å². The van der Waals surface area contributed by atoms with Gasteiger partial charge in [-0.25, -0.2) is 28.6 Å². The third-order valence-corrected chi connectivity index (χ3v) is 12.5. The molecule has 2 unspecified atom stereocenters. The lowest BCUT2D eigenvalue weighted by Crippen LogP contribution is -2.46. The van der Waals surface area contributed by atoms with Gasteiger partial charge in [0.15, 0.2) is 17.7 Å². The Kier molecular flexibility index (Phi) is 17.1. The van der Waals surface area contributed by atoms with Gasteiger partial charge in [-0.1, -0.05) is 59.7 Å². The number of aliphatic hydroxyl groups is 2. The molecule has 1 saturated heterocycles. The Balaban J connectivity index is 1.20. The van der Waals surface area contributed by atoms with Crippen LogP contribution >= 0.6 is 51.2 Å². The van der Waals surface area contributed by atoms with Gasteiger partial charge in [-0.15, -0.1) is 0 Å². The molecule has 326 valence electrons. The molecule has 2 amide bonds. The zero-order valence-electron chi connectivity index (χ0n) is 30.9. The van der Waals surface area contributed by atoms with Gasteiger partial charge in [0.2, 0.25) is 16.9 Å². The number of aliphatic hydroxyl groups excluding tert-OH is 2. The number of phosphoric ester groups is 3. The van der Waals surface area contributed by atoms with E-state index in [9.17, 15) is 57.9 Å². The second-order valence-electron chi connectivity index (χ2n) is 13.1. The van der Waals surface area contributed by atoms with E-state index in [0.717, 1.165) is 39.0 Å². The molecule has 0 saturated carbocycles. The normalized spacial score (nSPS) is 21.2. The number of nitrogens with two attached hydrogens (primary N) is 1. The van der Waals surface area contributed by atoms with Gasteiger partial charge in [0.25, 0.3) is 0 Å². The minimum absolute atomic E-state index is 0.0277. The van der Waals surface area contributed by atoms with Crippen LogP contribution in [0.15, 0.2) is 47.5 Å². The molecule has 1 aliphatic rings. The van der Waals surface area contributed by atoms with E-state index in [1.54, 1.807) is 6.08 Å². The predicted molar refractivity (Wildman–Crippen MR) is 210 cm³/mol. The molecule has 10 N–H and O–H groups in total. The Morgan fingerprint density at radius 3 is 2.41 bits per heavy atom. The monoisotopic (exact) mass is 975 g/mol. The number of benzene rings is 1. The highest BCUT2D eigenvalue weighted by Crippen LogP contribution is 2.61. The van der Waals surface area contributed by atoms with Crippen molar-refractivity contribution in [3.63, 3.8) is 0 Å². The predicted octanol–water partition coefficient (Wildman–Crippen LogP) is 1.14. The molecule has 1 aromatic carbocycles. The molecule has 0 bridgehead atoms. The summed E-state index contributed by atoms with van der Waals surface area (Å²) >= 11 is 4.33. The van der Waals surface area contributed by atoms with Crippen molar-refractivity contribution in [2.45, 2.75) is 50.9 Å². The van der Waals surface area contributed by atoms with Gasteiger partial charge in [-0.2, -0.15) is 4.31 Å². The smallest absolute Gasteiger partial charge is 0.386 e. The Bertz CT molecular complexity index is 2140. The van der Waals surface area contributed by atoms with Gasteiger partial charge in [-0.3, -0.25) is 32.5 Å². The summed E-state index contributed by atoms with van der Waals surface area (Å²) in [5.41, 5.74) is 5.09. The highest BCUT2D eigenvalue weighted by molar-refractivity contribution is 9.10. The van der Waals surface area contributed by atoms with E-state index >= 15 is 0 Å². The number of hydrogen-bond acceptors (Lipinski definition) is 18. The standard InChI is InChI=1S/C30H41BrN7O17P3S/c1-30(2,25(42)28(43)34-10-9-20(39)33-11-12-59-21(40)8-5-17-3-6-18(31)7-4-17)14-52-58(49,50)55-57(47,48)51-13-19-24(54-56(44,45)46)23(41)29(53-19)38-16-37-22-26(32)35-15-36-27(22)38/h3-8,15-16,19,23-25,29,41-42H,9-14H2,1-2H3,(H,33,39)(H,34,43)(H,47,48)(H,49,50)(H2,32,35,36)(H2,44,45,46)/b8-5+/t19-,23-,24-,25+,29-/m1/s1. The third kappa shape index (κ3) is 14.8. The van der Waals surface area contributed by atoms with Crippen molar-refractivity contribution in [3.05, 3.63) is 53.0 Å². The number of nitrogens with zero attached hydrogens (tertiary/aromatic N) is 4. The Labute approximate surface area is 347 Å². The second kappa shape index (κ2) is 20.7. The summed E-state index contributed by atoms with van der Waals surface area (Å²) in [6.07, 6.45) is -3.89. The molecule has 59 heavy (non-hydrogen) atoms. The lowest BCUT2D eigenvalue weighted by molar-refractivity contribution is -0.137. The second-order valence-corrected chi connectivity index (χ2v) is 19.4. The third-order valence-electron chi connectivity index (χ3n) is 8.03. The van der Waals surface area contributed by atoms with Crippen LogP contribution in [0.3, 0.4) is 0 Å². The van der Waals surface area contributed by atoms with Gasteiger partial charge in [0.1, 0.15) is 36.3 Å². The van der Waals surface area contributed by atoms with Crippen molar-refractivity contribution in [3.8, 4) is 0 Å². The molecule has 0 radical (unpaired) electrons. The molecule has 4 rings (SSSR count). The van der Waals surface area contributed by atoms with E-state index in [4.69, 9.17) is 19.5 Å². The van der Waals surface area contributed by atoms with Gasteiger partial charge >= 0.3 is 23.5 Å². The number of anilines is 1. The number of ether oxygens (including phenoxy) is 1. The Hall–Kier alpha value is -3.00. The summed E-state index contributed by atoms with van der Waals surface area (Å²) < 4.78 is 63.1. The molecule has 7 atom stereocenters. The van der Waals surface area contributed by atoms with Gasteiger partial charge in [-0.05, 0) is 23.8 Å². The van der Waals surface area contributed by atoms with Crippen molar-refractivity contribution in [1.29, 1.82) is 0 Å². The maximum atomic E-state index is 12.7. The number of carbonyl (C=O) groups excluding carboxylic acids is 3. The number of rotatable bonds is 21. The number of halogens is 1. The van der Waals surface area contributed by atoms with Crippen molar-refractivity contribution in [1.82, 2.24) is 30.2 Å². The number of fused-ring (bicyclic) bond motifs is 1. The minimum Gasteiger partial charge on any atom is -0.386 e. The van der Waals surface area contributed by atoms with E-state index in [2.05, 4.69) is 50.3 Å². The first-order valence-corrected chi connectivity index (χ1v) is 23.3. The van der Waals surface area contributed by atoms with E-state index < -0.39 is 84.6 Å². The number of aromatic nitrogens is 4. The van der Waals surface area contributed by atoms with Crippen molar-refractivity contribution in [2.24, 2.45) is 5.41 Å². The molecule has 29 heteroatoms. The summed E-state index contributed by atoms with van der Waals surface area (Å²) in [6, 6.07) is 7.34. The summed E-state index contributed by atoms with van der Waals surface area (Å²) in [4.78, 5) is 87.8. The molecule has 1 fully saturated rings.